The van der Waals surface area contributed by atoms with Gasteiger partial charge in [-0.3, -0.25) is 9.80 Å². The first kappa shape index (κ1) is 17.5. The van der Waals surface area contributed by atoms with Gasteiger partial charge in [-0.05, 0) is 24.1 Å². The van der Waals surface area contributed by atoms with Gasteiger partial charge in [0.1, 0.15) is 5.75 Å². The number of rotatable bonds is 5. The maximum Gasteiger partial charge on any atom is 0.422 e. The Kier molecular flexibility index (Phi) is 5.63. The molecular weight excluding hydrogens is 319 g/mol. The van der Waals surface area contributed by atoms with E-state index < -0.39 is 12.8 Å². The molecule has 1 aromatic carbocycles. The molecular formula is C17H24F3N3O. The predicted octanol–water partition coefficient (Wildman–Crippen LogP) is 2.11. The molecule has 3 rings (SSSR count). The summed E-state index contributed by atoms with van der Waals surface area (Å²) < 4.78 is 41.2. The molecule has 0 spiro atoms. The van der Waals surface area contributed by atoms with Crippen molar-refractivity contribution in [1.29, 1.82) is 0 Å². The third-order valence-electron chi connectivity index (χ3n) is 4.65. The van der Waals surface area contributed by atoms with Crippen molar-refractivity contribution in [2.75, 3.05) is 45.9 Å². The monoisotopic (exact) mass is 343 g/mol. The van der Waals surface area contributed by atoms with Crippen LogP contribution in [0.4, 0.5) is 13.2 Å². The van der Waals surface area contributed by atoms with Crippen LogP contribution in [0.5, 0.6) is 5.75 Å². The Hall–Kier alpha value is -1.31. The Labute approximate surface area is 140 Å². The van der Waals surface area contributed by atoms with Crippen molar-refractivity contribution >= 4 is 0 Å². The van der Waals surface area contributed by atoms with Crippen molar-refractivity contribution in [1.82, 2.24) is 15.1 Å². The van der Waals surface area contributed by atoms with E-state index in [0.29, 0.717) is 6.04 Å². The molecule has 2 saturated heterocycles. The second-order valence-corrected chi connectivity index (χ2v) is 6.51. The van der Waals surface area contributed by atoms with Gasteiger partial charge in [-0.15, -0.1) is 0 Å². The summed E-state index contributed by atoms with van der Waals surface area (Å²) in [6.07, 6.45) is -3.11. The zero-order valence-electron chi connectivity index (χ0n) is 13.7. The molecule has 2 heterocycles. The Balaban J connectivity index is 1.46. The Morgan fingerprint density at radius 1 is 1.08 bits per heavy atom. The van der Waals surface area contributed by atoms with Crippen LogP contribution in [0.1, 0.15) is 12.0 Å². The van der Waals surface area contributed by atoms with E-state index in [4.69, 9.17) is 4.74 Å². The zero-order chi connectivity index (χ0) is 17.0. The summed E-state index contributed by atoms with van der Waals surface area (Å²) >= 11 is 0. The number of likely N-dealkylation sites (tertiary alicyclic amines) is 1. The fourth-order valence-corrected chi connectivity index (χ4v) is 3.42. The first-order valence-corrected chi connectivity index (χ1v) is 8.45. The highest BCUT2D eigenvalue weighted by Gasteiger charge is 2.29. The summed E-state index contributed by atoms with van der Waals surface area (Å²) in [5, 5.41) is 3.38. The largest absolute Gasteiger partial charge is 0.484 e. The molecule has 0 aromatic heterocycles. The van der Waals surface area contributed by atoms with E-state index in [1.54, 1.807) is 12.1 Å². The molecule has 134 valence electrons. The molecule has 0 radical (unpaired) electrons. The average Bonchev–Trinajstić information content (AvgIpc) is 3.03. The minimum Gasteiger partial charge on any atom is -0.484 e. The highest BCUT2D eigenvalue weighted by atomic mass is 19.4. The van der Waals surface area contributed by atoms with Crippen molar-refractivity contribution in [3.05, 3.63) is 29.8 Å². The van der Waals surface area contributed by atoms with Gasteiger partial charge in [-0.2, -0.15) is 13.2 Å². The lowest BCUT2D eigenvalue weighted by Crippen LogP contribution is -2.49. The van der Waals surface area contributed by atoms with E-state index in [1.807, 2.05) is 12.1 Å². The van der Waals surface area contributed by atoms with Gasteiger partial charge in [0.15, 0.2) is 6.61 Å². The number of nitrogens with zero attached hydrogens (tertiary/aromatic N) is 2. The van der Waals surface area contributed by atoms with Gasteiger partial charge < -0.3 is 10.1 Å². The molecule has 0 bridgehead atoms. The molecule has 1 unspecified atom stereocenters. The fourth-order valence-electron chi connectivity index (χ4n) is 3.42. The van der Waals surface area contributed by atoms with Gasteiger partial charge in [-0.25, -0.2) is 0 Å². The number of nitrogens with one attached hydrogen (secondary N) is 1. The van der Waals surface area contributed by atoms with Crippen molar-refractivity contribution < 1.29 is 17.9 Å². The lowest BCUT2D eigenvalue weighted by Gasteiger charge is -2.32. The maximum atomic E-state index is 12.1. The van der Waals surface area contributed by atoms with Crippen LogP contribution >= 0.6 is 0 Å². The normalized spacial score (nSPS) is 23.5. The summed E-state index contributed by atoms with van der Waals surface area (Å²) in [5.74, 6) is 0.260. The Bertz CT molecular complexity index is 515. The van der Waals surface area contributed by atoms with Gasteiger partial charge in [0.2, 0.25) is 0 Å². The van der Waals surface area contributed by atoms with Crippen LogP contribution in [0.2, 0.25) is 0 Å². The third kappa shape index (κ3) is 5.09. The maximum absolute atomic E-state index is 12.1. The summed E-state index contributed by atoms with van der Waals surface area (Å²) in [4.78, 5) is 4.98. The predicted molar refractivity (Wildman–Crippen MR) is 86.1 cm³/mol. The molecule has 7 heteroatoms. The first-order chi connectivity index (χ1) is 11.5. The molecule has 2 fully saturated rings. The van der Waals surface area contributed by atoms with E-state index >= 15 is 0 Å². The quantitative estimate of drug-likeness (QED) is 0.886. The molecule has 1 atom stereocenters. The summed E-state index contributed by atoms with van der Waals surface area (Å²) in [5.41, 5.74) is 1.11. The molecule has 1 aromatic rings. The molecule has 24 heavy (non-hydrogen) atoms. The topological polar surface area (TPSA) is 27.7 Å². The lowest BCUT2D eigenvalue weighted by atomic mass is 10.2. The second-order valence-electron chi connectivity index (χ2n) is 6.51. The fraction of sp³-hybridized carbons (Fsp3) is 0.647. The van der Waals surface area contributed by atoms with Gasteiger partial charge in [0, 0.05) is 51.9 Å². The second kappa shape index (κ2) is 7.72. The lowest BCUT2D eigenvalue weighted by molar-refractivity contribution is -0.153. The van der Waals surface area contributed by atoms with E-state index in [2.05, 4.69) is 15.1 Å². The summed E-state index contributed by atoms with van der Waals surface area (Å²) in [6.45, 7) is 6.08. The van der Waals surface area contributed by atoms with Crippen molar-refractivity contribution in [2.45, 2.75) is 25.2 Å². The Morgan fingerprint density at radius 3 is 2.46 bits per heavy atom. The number of hydrogen-bond acceptors (Lipinski definition) is 4. The van der Waals surface area contributed by atoms with Gasteiger partial charge >= 0.3 is 6.18 Å². The number of ether oxygens (including phenoxy) is 1. The number of halogens is 3. The SMILES string of the molecule is FC(F)(F)COc1ccc(CN2CCC(N3CCNCC3)C2)cc1. The highest BCUT2D eigenvalue weighted by molar-refractivity contribution is 5.27. The summed E-state index contributed by atoms with van der Waals surface area (Å²) in [7, 11) is 0. The smallest absolute Gasteiger partial charge is 0.422 e. The van der Waals surface area contributed by atoms with Crippen LogP contribution in [0.25, 0.3) is 0 Å². The third-order valence-corrected chi connectivity index (χ3v) is 4.65. The summed E-state index contributed by atoms with van der Waals surface area (Å²) in [6, 6.07) is 7.56. The van der Waals surface area contributed by atoms with Gasteiger partial charge in [0.25, 0.3) is 0 Å². The van der Waals surface area contributed by atoms with Crippen molar-refractivity contribution in [3.63, 3.8) is 0 Å². The van der Waals surface area contributed by atoms with E-state index in [9.17, 15) is 13.2 Å². The zero-order valence-corrected chi connectivity index (χ0v) is 13.7. The van der Waals surface area contributed by atoms with Crippen LogP contribution in [-0.4, -0.2) is 67.9 Å². The molecule has 2 aliphatic heterocycles. The number of hydrogen-bond donors (Lipinski definition) is 1. The van der Waals surface area contributed by atoms with Crippen molar-refractivity contribution in [3.8, 4) is 5.75 Å². The van der Waals surface area contributed by atoms with Gasteiger partial charge in [0.05, 0.1) is 0 Å². The number of benzene rings is 1. The standard InChI is InChI=1S/C17H24F3N3O/c18-17(19,20)13-24-16-3-1-14(2-4-16)11-22-8-5-15(12-22)23-9-6-21-7-10-23/h1-4,15,21H,5-13H2. The minimum absolute atomic E-state index is 0.260. The van der Waals surface area contributed by atoms with Crippen molar-refractivity contribution in [2.24, 2.45) is 0 Å². The molecule has 1 N–H and O–H groups in total. The van der Waals surface area contributed by atoms with Crippen LogP contribution in [0.3, 0.4) is 0 Å². The van der Waals surface area contributed by atoms with Crippen LogP contribution in [0, 0.1) is 0 Å². The minimum atomic E-state index is -4.30. The Morgan fingerprint density at radius 2 is 1.79 bits per heavy atom. The van der Waals surface area contributed by atoms with E-state index in [1.165, 1.54) is 6.42 Å². The highest BCUT2D eigenvalue weighted by Crippen LogP contribution is 2.21. The number of piperazine rings is 1. The average molecular weight is 343 g/mol. The molecule has 2 aliphatic rings. The van der Waals surface area contributed by atoms with Crippen LogP contribution in [0.15, 0.2) is 24.3 Å². The van der Waals surface area contributed by atoms with Crippen LogP contribution in [-0.2, 0) is 6.54 Å². The van der Waals surface area contributed by atoms with E-state index in [0.717, 1.165) is 51.4 Å². The number of alkyl halides is 3. The molecule has 0 amide bonds. The van der Waals surface area contributed by atoms with Gasteiger partial charge in [-0.1, -0.05) is 12.1 Å². The first-order valence-electron chi connectivity index (χ1n) is 8.45. The van der Waals surface area contributed by atoms with Crippen LogP contribution < -0.4 is 10.1 Å². The van der Waals surface area contributed by atoms with E-state index in [-0.39, 0.29) is 5.75 Å². The molecule has 0 aliphatic carbocycles. The molecule has 4 nitrogen and oxygen atoms in total. The molecule has 0 saturated carbocycles.